The topological polar surface area (TPSA) is 52.3 Å². The van der Waals surface area contributed by atoms with Gasteiger partial charge in [0.25, 0.3) is 0 Å². The van der Waals surface area contributed by atoms with Gasteiger partial charge < -0.3 is 10.5 Å². The van der Waals surface area contributed by atoms with Gasteiger partial charge in [0, 0.05) is 13.0 Å². The van der Waals surface area contributed by atoms with E-state index >= 15 is 0 Å². The molecule has 2 N–H and O–H groups in total. The van der Waals surface area contributed by atoms with Gasteiger partial charge in [-0.05, 0) is 0 Å². The van der Waals surface area contributed by atoms with Crippen molar-refractivity contribution in [2.24, 2.45) is 5.73 Å². The zero-order chi connectivity index (χ0) is 6.41. The standard InChI is InChI=1S/C5H11NO2.ClH/c1-2-5(7)8-4-3-6;/h2-4,6H2,1H3;1H. The van der Waals surface area contributed by atoms with Crippen LogP contribution in [0.5, 0.6) is 0 Å². The Hall–Kier alpha value is -0.280. The lowest BCUT2D eigenvalue weighted by Gasteiger charge is -1.97. The van der Waals surface area contributed by atoms with Gasteiger partial charge in [0.2, 0.25) is 0 Å². The minimum absolute atomic E-state index is 0. The molecule has 0 heterocycles. The van der Waals surface area contributed by atoms with Crippen LogP contribution in [0.4, 0.5) is 0 Å². The van der Waals surface area contributed by atoms with Gasteiger partial charge in [-0.15, -0.1) is 12.4 Å². The number of ether oxygens (including phenoxy) is 1. The van der Waals surface area contributed by atoms with E-state index in [4.69, 9.17) is 5.73 Å². The highest BCUT2D eigenvalue weighted by Crippen LogP contribution is 1.80. The van der Waals surface area contributed by atoms with Gasteiger partial charge in [-0.3, -0.25) is 4.79 Å². The zero-order valence-corrected chi connectivity index (χ0v) is 6.24. The molecule has 0 rings (SSSR count). The monoisotopic (exact) mass is 153 g/mol. The number of carbonyl (C=O) groups excluding carboxylic acids is 1. The number of nitrogens with two attached hydrogens (primary N) is 1. The Morgan fingerprint density at radius 3 is 2.56 bits per heavy atom. The molecule has 0 amide bonds. The van der Waals surface area contributed by atoms with Crippen molar-refractivity contribution in [1.82, 2.24) is 0 Å². The van der Waals surface area contributed by atoms with Crippen molar-refractivity contribution < 1.29 is 9.53 Å². The summed E-state index contributed by atoms with van der Waals surface area (Å²) in [5.41, 5.74) is 5.05. The third kappa shape index (κ3) is 7.72. The second-order valence-corrected chi connectivity index (χ2v) is 1.36. The molecular formula is C5H12ClNO2. The highest BCUT2D eigenvalue weighted by molar-refractivity contribution is 5.85. The maximum Gasteiger partial charge on any atom is 0.305 e. The molecule has 3 nitrogen and oxygen atoms in total. The molecule has 4 heteroatoms. The van der Waals surface area contributed by atoms with E-state index in [9.17, 15) is 4.79 Å². The van der Waals surface area contributed by atoms with Crippen LogP contribution in [0.15, 0.2) is 0 Å². The third-order valence-corrected chi connectivity index (χ3v) is 0.670. The lowest BCUT2D eigenvalue weighted by Crippen LogP contribution is -2.12. The Balaban J connectivity index is 0. The molecule has 0 saturated heterocycles. The first-order valence-electron chi connectivity index (χ1n) is 2.67. The number of rotatable bonds is 3. The van der Waals surface area contributed by atoms with E-state index in [1.807, 2.05) is 0 Å². The van der Waals surface area contributed by atoms with E-state index in [1.54, 1.807) is 6.92 Å². The zero-order valence-electron chi connectivity index (χ0n) is 5.42. The van der Waals surface area contributed by atoms with E-state index in [1.165, 1.54) is 0 Å². The van der Waals surface area contributed by atoms with Crippen molar-refractivity contribution in [1.29, 1.82) is 0 Å². The van der Waals surface area contributed by atoms with Gasteiger partial charge in [-0.2, -0.15) is 0 Å². The second kappa shape index (κ2) is 7.72. The van der Waals surface area contributed by atoms with Gasteiger partial charge >= 0.3 is 5.97 Å². The predicted octanol–water partition coefficient (Wildman–Crippen LogP) is 0.320. The molecule has 0 aromatic heterocycles. The van der Waals surface area contributed by atoms with Crippen molar-refractivity contribution in [3.63, 3.8) is 0 Å². The summed E-state index contributed by atoms with van der Waals surface area (Å²) in [5.74, 6) is -0.185. The van der Waals surface area contributed by atoms with Crippen LogP contribution in [-0.4, -0.2) is 19.1 Å². The van der Waals surface area contributed by atoms with Crippen LogP contribution in [0.1, 0.15) is 13.3 Å². The third-order valence-electron chi connectivity index (χ3n) is 0.670. The average Bonchev–Trinajstić information content (AvgIpc) is 1.83. The Labute approximate surface area is 61.0 Å². The molecule has 0 aromatic carbocycles. The van der Waals surface area contributed by atoms with Crippen LogP contribution in [-0.2, 0) is 9.53 Å². The van der Waals surface area contributed by atoms with E-state index in [0.717, 1.165) is 0 Å². The van der Waals surface area contributed by atoms with E-state index < -0.39 is 0 Å². The van der Waals surface area contributed by atoms with Crippen molar-refractivity contribution in [2.45, 2.75) is 13.3 Å². The van der Waals surface area contributed by atoms with E-state index in [-0.39, 0.29) is 18.4 Å². The summed E-state index contributed by atoms with van der Waals surface area (Å²) < 4.78 is 4.58. The summed E-state index contributed by atoms with van der Waals surface area (Å²) in [7, 11) is 0. The maximum absolute atomic E-state index is 10.3. The van der Waals surface area contributed by atoms with Gasteiger partial charge in [-0.25, -0.2) is 0 Å². The molecule has 0 aliphatic rings. The molecule has 56 valence electrons. The minimum atomic E-state index is -0.185. The lowest BCUT2D eigenvalue weighted by molar-refractivity contribution is -0.142. The molecule has 0 aliphatic carbocycles. The molecule has 0 aromatic rings. The number of halogens is 1. The van der Waals surface area contributed by atoms with Crippen LogP contribution in [0.25, 0.3) is 0 Å². The van der Waals surface area contributed by atoms with Gasteiger partial charge in [0.05, 0.1) is 0 Å². The highest BCUT2D eigenvalue weighted by Gasteiger charge is 1.93. The maximum atomic E-state index is 10.3. The van der Waals surface area contributed by atoms with Crippen LogP contribution in [0.3, 0.4) is 0 Å². The van der Waals surface area contributed by atoms with Crippen molar-refractivity contribution >= 4 is 18.4 Å². The average molecular weight is 154 g/mol. The molecule has 0 spiro atoms. The highest BCUT2D eigenvalue weighted by atomic mass is 35.5. The summed E-state index contributed by atoms with van der Waals surface area (Å²) in [4.78, 5) is 10.3. The molecular weight excluding hydrogens is 142 g/mol. The van der Waals surface area contributed by atoms with E-state index in [0.29, 0.717) is 19.6 Å². The summed E-state index contributed by atoms with van der Waals surface area (Å²) in [5, 5.41) is 0. The van der Waals surface area contributed by atoms with Crippen LogP contribution >= 0.6 is 12.4 Å². The Morgan fingerprint density at radius 2 is 2.22 bits per heavy atom. The Kier molecular flexibility index (Phi) is 9.87. The van der Waals surface area contributed by atoms with Crippen LogP contribution in [0.2, 0.25) is 0 Å². The van der Waals surface area contributed by atoms with Gasteiger partial charge in [0.15, 0.2) is 0 Å². The lowest BCUT2D eigenvalue weighted by atomic mass is 10.5. The molecule has 9 heavy (non-hydrogen) atoms. The smallest absolute Gasteiger partial charge is 0.305 e. The molecule has 0 atom stereocenters. The van der Waals surface area contributed by atoms with Gasteiger partial charge in [-0.1, -0.05) is 6.92 Å². The molecule has 0 bridgehead atoms. The molecule has 0 saturated carbocycles. The van der Waals surface area contributed by atoms with Crippen LogP contribution in [0, 0.1) is 0 Å². The Bertz CT molecular complexity index is 77.4. The summed E-state index contributed by atoms with van der Waals surface area (Å²) in [6.07, 6.45) is 0.431. The van der Waals surface area contributed by atoms with Crippen molar-refractivity contribution in [2.75, 3.05) is 13.2 Å². The summed E-state index contributed by atoms with van der Waals surface area (Å²) in [6.45, 7) is 2.50. The van der Waals surface area contributed by atoms with Crippen LogP contribution < -0.4 is 5.73 Å². The second-order valence-electron chi connectivity index (χ2n) is 1.36. The predicted molar refractivity (Wildman–Crippen MR) is 37.6 cm³/mol. The first-order chi connectivity index (χ1) is 3.81. The first-order valence-corrected chi connectivity index (χ1v) is 2.67. The quantitative estimate of drug-likeness (QED) is 0.595. The van der Waals surface area contributed by atoms with Gasteiger partial charge in [0.1, 0.15) is 6.61 Å². The SMILES string of the molecule is CCC(=O)OCCN.Cl. The molecule has 0 radical (unpaired) electrons. The largest absolute Gasteiger partial charge is 0.464 e. The number of hydrogen-bond acceptors (Lipinski definition) is 3. The fourth-order valence-corrected chi connectivity index (χ4v) is 0.275. The van der Waals surface area contributed by atoms with Crippen molar-refractivity contribution in [3.05, 3.63) is 0 Å². The normalized spacial score (nSPS) is 7.78. The molecule has 0 unspecified atom stereocenters. The minimum Gasteiger partial charge on any atom is -0.464 e. The fourth-order valence-electron chi connectivity index (χ4n) is 0.275. The molecule has 0 fully saturated rings. The van der Waals surface area contributed by atoms with Crippen molar-refractivity contribution in [3.8, 4) is 0 Å². The van der Waals surface area contributed by atoms with E-state index in [2.05, 4.69) is 4.74 Å². The summed E-state index contributed by atoms with van der Waals surface area (Å²) >= 11 is 0. The summed E-state index contributed by atoms with van der Waals surface area (Å²) in [6, 6.07) is 0. The first kappa shape index (κ1) is 11.5. The fraction of sp³-hybridized carbons (Fsp3) is 0.800. The molecule has 0 aliphatic heterocycles. The number of hydrogen-bond donors (Lipinski definition) is 1. The number of esters is 1. The number of carbonyl (C=O) groups is 1. The Morgan fingerprint density at radius 1 is 1.67 bits per heavy atom.